The van der Waals surface area contributed by atoms with Crippen LogP contribution in [0.1, 0.15) is 61.5 Å². The number of hydrogen-bond donors (Lipinski definition) is 1. The highest BCUT2D eigenvalue weighted by atomic mass is 16.1. The first kappa shape index (κ1) is 21.5. The Morgan fingerprint density at radius 2 is 1.94 bits per heavy atom. The molecule has 1 saturated carbocycles. The Morgan fingerprint density at radius 3 is 2.70 bits per heavy atom. The van der Waals surface area contributed by atoms with Gasteiger partial charge in [0, 0.05) is 41.4 Å². The molecule has 0 saturated heterocycles. The lowest BCUT2D eigenvalue weighted by Gasteiger charge is -2.12. The highest BCUT2D eigenvalue weighted by molar-refractivity contribution is 5.97. The molecule has 0 spiro atoms. The Kier molecular flexibility index (Phi) is 6.01. The van der Waals surface area contributed by atoms with Gasteiger partial charge in [0.1, 0.15) is 0 Å². The first-order chi connectivity index (χ1) is 16.1. The van der Waals surface area contributed by atoms with Gasteiger partial charge in [-0.15, -0.1) is 0 Å². The lowest BCUT2D eigenvalue weighted by Crippen LogP contribution is -2.26. The molecule has 0 amide bonds. The van der Waals surface area contributed by atoms with E-state index in [1.54, 1.807) is 10.7 Å². The Labute approximate surface area is 194 Å². The second kappa shape index (κ2) is 9.24. The van der Waals surface area contributed by atoms with E-state index in [0.717, 1.165) is 65.2 Å². The number of benzene rings is 1. The standard InChI is InChI=1S/C27H29N5O/c1-3-28-18(2)9-12-26(33)21-15-24(20-10-11-20)30-25(16-21)22-17-29-32-14-13-23(31-27(22)32)19-7-5-4-6-8-19/h4-8,13-18,20,28H,3,9-12H2,1-2H3/t18-/m0/s1. The molecule has 0 unspecified atom stereocenters. The van der Waals surface area contributed by atoms with Crippen LogP contribution < -0.4 is 5.32 Å². The van der Waals surface area contributed by atoms with E-state index < -0.39 is 0 Å². The van der Waals surface area contributed by atoms with Crippen LogP contribution in [0.25, 0.3) is 28.2 Å². The number of Topliss-reactive ketones (excluding diaryl/α,β-unsaturated/α-hetero) is 1. The number of ketones is 1. The molecule has 6 heteroatoms. The molecule has 1 aliphatic carbocycles. The molecule has 5 rings (SSSR count). The zero-order valence-electron chi connectivity index (χ0n) is 19.2. The Balaban J connectivity index is 1.51. The largest absolute Gasteiger partial charge is 0.315 e. The van der Waals surface area contributed by atoms with Crippen LogP contribution in [0.2, 0.25) is 0 Å². The average Bonchev–Trinajstić information content (AvgIpc) is 3.62. The van der Waals surface area contributed by atoms with Crippen molar-refractivity contribution < 1.29 is 4.79 Å². The van der Waals surface area contributed by atoms with Gasteiger partial charge in [-0.2, -0.15) is 5.10 Å². The fourth-order valence-corrected chi connectivity index (χ4v) is 4.20. The van der Waals surface area contributed by atoms with E-state index >= 15 is 0 Å². The third-order valence-electron chi connectivity index (χ3n) is 6.23. The predicted octanol–water partition coefficient (Wildman–Crippen LogP) is 5.30. The van der Waals surface area contributed by atoms with Crippen molar-refractivity contribution in [2.75, 3.05) is 6.54 Å². The van der Waals surface area contributed by atoms with Crippen molar-refractivity contribution in [1.82, 2.24) is 24.9 Å². The van der Waals surface area contributed by atoms with Crippen molar-refractivity contribution in [2.24, 2.45) is 0 Å². The van der Waals surface area contributed by atoms with Crippen LogP contribution in [0.5, 0.6) is 0 Å². The van der Waals surface area contributed by atoms with E-state index in [9.17, 15) is 4.79 Å². The van der Waals surface area contributed by atoms with E-state index in [1.807, 2.05) is 54.7 Å². The van der Waals surface area contributed by atoms with E-state index in [4.69, 9.17) is 9.97 Å². The molecule has 0 radical (unpaired) electrons. The van der Waals surface area contributed by atoms with Gasteiger partial charge in [-0.25, -0.2) is 9.50 Å². The summed E-state index contributed by atoms with van der Waals surface area (Å²) < 4.78 is 1.77. The van der Waals surface area contributed by atoms with Crippen molar-refractivity contribution in [3.8, 4) is 22.5 Å². The maximum absolute atomic E-state index is 13.1. The van der Waals surface area contributed by atoms with Crippen molar-refractivity contribution in [3.05, 3.63) is 72.2 Å². The van der Waals surface area contributed by atoms with Gasteiger partial charge < -0.3 is 5.32 Å². The van der Waals surface area contributed by atoms with Gasteiger partial charge in [0.15, 0.2) is 11.4 Å². The van der Waals surface area contributed by atoms with Gasteiger partial charge in [-0.05, 0) is 50.9 Å². The van der Waals surface area contributed by atoms with E-state index in [2.05, 4.69) is 24.3 Å². The number of nitrogens with zero attached hydrogens (tertiary/aromatic N) is 4. The second-order valence-corrected chi connectivity index (χ2v) is 8.87. The molecular formula is C27H29N5O. The summed E-state index contributed by atoms with van der Waals surface area (Å²) in [5, 5.41) is 7.88. The summed E-state index contributed by atoms with van der Waals surface area (Å²) >= 11 is 0. The average molecular weight is 440 g/mol. The summed E-state index contributed by atoms with van der Waals surface area (Å²) in [6, 6.07) is 16.3. The summed E-state index contributed by atoms with van der Waals surface area (Å²) in [5.74, 6) is 0.617. The van der Waals surface area contributed by atoms with Crippen LogP contribution in [0.4, 0.5) is 0 Å². The summed E-state index contributed by atoms with van der Waals surface area (Å²) in [6.07, 6.45) is 7.33. The molecule has 0 bridgehead atoms. The molecule has 1 atom stereocenters. The van der Waals surface area contributed by atoms with E-state index in [1.165, 1.54) is 0 Å². The molecular weight excluding hydrogens is 410 g/mol. The molecule has 3 aromatic heterocycles. The summed E-state index contributed by atoms with van der Waals surface area (Å²) in [5.41, 5.74) is 6.06. The zero-order valence-corrected chi connectivity index (χ0v) is 19.2. The van der Waals surface area contributed by atoms with Crippen LogP contribution in [0.3, 0.4) is 0 Å². The summed E-state index contributed by atoms with van der Waals surface area (Å²) in [4.78, 5) is 22.9. The van der Waals surface area contributed by atoms with Gasteiger partial charge >= 0.3 is 0 Å². The molecule has 0 aliphatic heterocycles. The number of hydrogen-bond acceptors (Lipinski definition) is 5. The van der Waals surface area contributed by atoms with E-state index in [-0.39, 0.29) is 5.78 Å². The Morgan fingerprint density at radius 1 is 1.12 bits per heavy atom. The fourth-order valence-electron chi connectivity index (χ4n) is 4.20. The molecule has 1 fully saturated rings. The van der Waals surface area contributed by atoms with Gasteiger partial charge in [0.25, 0.3) is 0 Å². The molecule has 4 aromatic rings. The highest BCUT2D eigenvalue weighted by Gasteiger charge is 2.27. The molecule has 1 N–H and O–H groups in total. The van der Waals surface area contributed by atoms with Crippen molar-refractivity contribution in [1.29, 1.82) is 0 Å². The number of fused-ring (bicyclic) bond motifs is 1. The molecule has 3 heterocycles. The van der Waals surface area contributed by atoms with Gasteiger partial charge in [0.05, 0.1) is 23.1 Å². The van der Waals surface area contributed by atoms with Crippen LogP contribution in [-0.4, -0.2) is 38.0 Å². The lowest BCUT2D eigenvalue weighted by molar-refractivity contribution is 0.0976. The number of nitrogens with one attached hydrogen (secondary N) is 1. The van der Waals surface area contributed by atoms with Crippen LogP contribution in [0, 0.1) is 0 Å². The SMILES string of the molecule is CCN[C@@H](C)CCC(=O)c1cc(-c2cnn3ccc(-c4ccccc4)nc23)nc(C2CC2)c1. The predicted molar refractivity (Wildman–Crippen MR) is 130 cm³/mol. The minimum Gasteiger partial charge on any atom is -0.315 e. The summed E-state index contributed by atoms with van der Waals surface area (Å²) in [7, 11) is 0. The zero-order chi connectivity index (χ0) is 22.8. The number of aromatic nitrogens is 4. The lowest BCUT2D eigenvalue weighted by atomic mass is 10.0. The van der Waals surface area contributed by atoms with Gasteiger partial charge in [-0.1, -0.05) is 37.3 Å². The fraction of sp³-hybridized carbons (Fsp3) is 0.333. The molecule has 1 aliphatic rings. The quantitative estimate of drug-likeness (QED) is 0.359. The number of carbonyl (C=O) groups excluding carboxylic acids is 1. The highest BCUT2D eigenvalue weighted by Crippen LogP contribution is 2.40. The van der Waals surface area contributed by atoms with Crippen LogP contribution in [-0.2, 0) is 0 Å². The van der Waals surface area contributed by atoms with Crippen LogP contribution >= 0.6 is 0 Å². The third kappa shape index (κ3) is 4.71. The van der Waals surface area contributed by atoms with Crippen LogP contribution in [0.15, 0.2) is 60.9 Å². The van der Waals surface area contributed by atoms with Crippen molar-refractivity contribution >= 4 is 11.4 Å². The Bertz CT molecular complexity index is 1280. The van der Waals surface area contributed by atoms with Gasteiger partial charge in [0.2, 0.25) is 0 Å². The normalized spacial score (nSPS) is 14.5. The Hall–Kier alpha value is -3.38. The second-order valence-electron chi connectivity index (χ2n) is 8.87. The minimum absolute atomic E-state index is 0.166. The maximum atomic E-state index is 13.1. The minimum atomic E-state index is 0.166. The molecule has 1 aromatic carbocycles. The monoisotopic (exact) mass is 439 g/mol. The maximum Gasteiger partial charge on any atom is 0.164 e. The first-order valence-electron chi connectivity index (χ1n) is 11.8. The van der Waals surface area contributed by atoms with Gasteiger partial charge in [-0.3, -0.25) is 9.78 Å². The van der Waals surface area contributed by atoms with Crippen molar-refractivity contribution in [2.45, 2.75) is 51.5 Å². The smallest absolute Gasteiger partial charge is 0.164 e. The first-order valence-corrected chi connectivity index (χ1v) is 11.8. The van der Waals surface area contributed by atoms with Crippen molar-refractivity contribution in [3.63, 3.8) is 0 Å². The molecule has 168 valence electrons. The number of carbonyl (C=O) groups is 1. The topological polar surface area (TPSA) is 72.2 Å². The molecule has 6 nitrogen and oxygen atoms in total. The third-order valence-corrected chi connectivity index (χ3v) is 6.23. The number of rotatable bonds is 9. The number of pyridine rings is 1. The summed E-state index contributed by atoms with van der Waals surface area (Å²) in [6.45, 7) is 5.12. The van der Waals surface area contributed by atoms with E-state index in [0.29, 0.717) is 18.4 Å². The molecule has 33 heavy (non-hydrogen) atoms.